The molecular weight excluding hydrogens is 578 g/mol. The molecule has 0 saturated carbocycles. The fraction of sp³-hybridized carbons (Fsp3) is 0.0645. The van der Waals surface area contributed by atoms with Gasteiger partial charge >= 0.3 is 0 Å². The zero-order chi connectivity index (χ0) is 26.9. The Bertz CT molecular complexity index is 1890. The number of halogens is 2. The summed E-state index contributed by atoms with van der Waals surface area (Å²) < 4.78 is 14.2. The Balaban J connectivity index is 1.45. The van der Waals surface area contributed by atoms with Crippen molar-refractivity contribution in [3.63, 3.8) is 0 Å². The van der Waals surface area contributed by atoms with Gasteiger partial charge in [-0.3, -0.25) is 4.79 Å². The summed E-state index contributed by atoms with van der Waals surface area (Å²) in [6, 6.07) is 28.2. The number of ether oxygens (including phenoxy) is 1. The number of aromatic nitrogens is 2. The van der Waals surface area contributed by atoms with E-state index in [1.807, 2.05) is 67.6 Å². The van der Waals surface area contributed by atoms with Gasteiger partial charge < -0.3 is 9.15 Å². The molecule has 192 valence electrons. The second kappa shape index (κ2) is 10.5. The Kier molecular flexibility index (Phi) is 6.77. The second-order valence-corrected chi connectivity index (χ2v) is 10.3. The molecule has 0 aliphatic heterocycles. The van der Waals surface area contributed by atoms with E-state index in [0.717, 1.165) is 10.9 Å². The van der Waals surface area contributed by atoms with Crippen LogP contribution in [0.15, 0.2) is 110 Å². The second-order valence-electron chi connectivity index (χ2n) is 9.04. The summed E-state index contributed by atoms with van der Waals surface area (Å²) in [6.07, 6.45) is 1.55. The lowest BCUT2D eigenvalue weighted by atomic mass is 10.1. The molecule has 8 heteroatoms. The molecule has 6 nitrogen and oxygen atoms in total. The van der Waals surface area contributed by atoms with Crippen LogP contribution in [-0.2, 0) is 6.61 Å². The molecule has 6 aromatic rings. The van der Waals surface area contributed by atoms with E-state index < -0.39 is 0 Å². The van der Waals surface area contributed by atoms with Crippen molar-refractivity contribution < 1.29 is 9.15 Å². The summed E-state index contributed by atoms with van der Waals surface area (Å²) in [5.41, 5.74) is 3.71. The van der Waals surface area contributed by atoms with E-state index in [1.165, 1.54) is 10.2 Å². The smallest absolute Gasteiger partial charge is 0.282 e. The minimum Gasteiger partial charge on any atom is -0.487 e. The third-order valence-electron chi connectivity index (χ3n) is 6.25. The number of para-hydroxylation sites is 2. The molecule has 0 amide bonds. The molecule has 0 aliphatic carbocycles. The molecule has 0 fully saturated rings. The zero-order valence-electron chi connectivity index (χ0n) is 20.8. The van der Waals surface area contributed by atoms with Crippen LogP contribution in [0.25, 0.3) is 33.5 Å². The maximum absolute atomic E-state index is 13.6. The molecule has 0 bridgehead atoms. The number of rotatable bonds is 6. The molecule has 0 saturated heterocycles. The molecule has 2 heterocycles. The van der Waals surface area contributed by atoms with Crippen molar-refractivity contribution in [2.45, 2.75) is 13.5 Å². The first-order valence-electron chi connectivity index (χ1n) is 12.2. The Hall–Kier alpha value is -4.20. The minimum absolute atomic E-state index is 0.286. The molecule has 0 spiro atoms. The van der Waals surface area contributed by atoms with E-state index in [2.05, 4.69) is 21.0 Å². The van der Waals surface area contributed by atoms with Crippen LogP contribution >= 0.6 is 27.5 Å². The highest BCUT2D eigenvalue weighted by Gasteiger charge is 2.17. The largest absolute Gasteiger partial charge is 0.487 e. The Morgan fingerprint density at radius 3 is 2.62 bits per heavy atom. The molecule has 39 heavy (non-hydrogen) atoms. The maximum atomic E-state index is 13.6. The monoisotopic (exact) mass is 597 g/mol. The topological polar surface area (TPSA) is 69.6 Å². The summed E-state index contributed by atoms with van der Waals surface area (Å²) in [6.45, 7) is 2.39. The van der Waals surface area contributed by atoms with Crippen molar-refractivity contribution in [2.75, 3.05) is 0 Å². The van der Waals surface area contributed by atoms with Crippen molar-refractivity contribution in [3.05, 3.63) is 128 Å². The first-order chi connectivity index (χ1) is 19.0. The number of benzene rings is 4. The molecular formula is C31H21BrClN3O3. The Morgan fingerprint density at radius 2 is 1.79 bits per heavy atom. The zero-order valence-corrected chi connectivity index (χ0v) is 23.1. The number of aryl methyl sites for hydroxylation is 1. The lowest BCUT2D eigenvalue weighted by Crippen LogP contribution is -2.20. The highest BCUT2D eigenvalue weighted by atomic mass is 79.9. The standard InChI is InChI=1S/C31H21BrClN3O3/c1-19-10-12-20(13-11-19)18-38-29-22(14-23(33)16-25(29)32)17-34-36-30(28-15-21-6-2-5-9-27(21)39-28)35-26-8-4-3-7-24(26)31(36)37/h2-17H,18H2,1H3. The van der Waals surface area contributed by atoms with Gasteiger partial charge in [0.05, 0.1) is 21.6 Å². The quantitative estimate of drug-likeness (QED) is 0.182. The lowest BCUT2D eigenvalue weighted by molar-refractivity contribution is 0.304. The molecule has 2 aromatic heterocycles. The van der Waals surface area contributed by atoms with E-state index >= 15 is 0 Å². The van der Waals surface area contributed by atoms with E-state index in [9.17, 15) is 4.79 Å². The number of hydrogen-bond acceptors (Lipinski definition) is 5. The van der Waals surface area contributed by atoms with Gasteiger partial charge in [0.1, 0.15) is 17.9 Å². The Morgan fingerprint density at radius 1 is 1.03 bits per heavy atom. The highest BCUT2D eigenvalue weighted by Crippen LogP contribution is 2.33. The average molecular weight is 599 g/mol. The van der Waals surface area contributed by atoms with Crippen LogP contribution in [0.2, 0.25) is 5.02 Å². The van der Waals surface area contributed by atoms with Crippen molar-refractivity contribution in [2.24, 2.45) is 5.10 Å². The van der Waals surface area contributed by atoms with Crippen LogP contribution in [-0.4, -0.2) is 15.9 Å². The number of hydrogen-bond donors (Lipinski definition) is 0. The SMILES string of the molecule is Cc1ccc(COc2c(Br)cc(Cl)cc2C=Nn2c(-c3cc4ccccc4o3)nc3ccccc3c2=O)cc1. The summed E-state index contributed by atoms with van der Waals surface area (Å²) >= 11 is 9.94. The van der Waals surface area contributed by atoms with Crippen LogP contribution in [0.3, 0.4) is 0 Å². The summed E-state index contributed by atoms with van der Waals surface area (Å²) in [4.78, 5) is 18.4. The van der Waals surface area contributed by atoms with Gasteiger partial charge in [-0.05, 0) is 64.8 Å². The molecule has 0 unspecified atom stereocenters. The van der Waals surface area contributed by atoms with Crippen LogP contribution in [0.5, 0.6) is 5.75 Å². The molecule has 0 N–H and O–H groups in total. The van der Waals surface area contributed by atoms with E-state index in [0.29, 0.717) is 49.7 Å². The van der Waals surface area contributed by atoms with E-state index in [-0.39, 0.29) is 11.4 Å². The summed E-state index contributed by atoms with van der Waals surface area (Å²) in [7, 11) is 0. The number of nitrogens with zero attached hydrogens (tertiary/aromatic N) is 3. The van der Waals surface area contributed by atoms with Crippen molar-refractivity contribution >= 4 is 55.6 Å². The third kappa shape index (κ3) is 5.11. The third-order valence-corrected chi connectivity index (χ3v) is 7.06. The van der Waals surface area contributed by atoms with Crippen molar-refractivity contribution in [3.8, 4) is 17.3 Å². The number of furan rings is 1. The van der Waals surface area contributed by atoms with Gasteiger partial charge in [-0.1, -0.05) is 71.8 Å². The van der Waals surface area contributed by atoms with Gasteiger partial charge in [0, 0.05) is 16.0 Å². The molecule has 0 radical (unpaired) electrons. The van der Waals surface area contributed by atoms with Crippen LogP contribution in [0, 0.1) is 6.92 Å². The predicted molar refractivity (Wildman–Crippen MR) is 159 cm³/mol. The first-order valence-corrected chi connectivity index (χ1v) is 13.4. The average Bonchev–Trinajstić information content (AvgIpc) is 3.37. The summed E-state index contributed by atoms with van der Waals surface area (Å²) in [5.74, 6) is 1.27. The minimum atomic E-state index is -0.324. The predicted octanol–water partition coefficient (Wildman–Crippen LogP) is 8.00. The Labute approximate surface area is 237 Å². The van der Waals surface area contributed by atoms with Crippen LogP contribution < -0.4 is 10.3 Å². The fourth-order valence-electron chi connectivity index (χ4n) is 4.27. The van der Waals surface area contributed by atoms with Gasteiger partial charge in [0.2, 0.25) is 5.82 Å². The molecule has 0 atom stereocenters. The molecule has 4 aromatic carbocycles. The maximum Gasteiger partial charge on any atom is 0.282 e. The molecule has 6 rings (SSSR count). The lowest BCUT2D eigenvalue weighted by Gasteiger charge is -2.13. The van der Waals surface area contributed by atoms with Crippen LogP contribution in [0.1, 0.15) is 16.7 Å². The summed E-state index contributed by atoms with van der Waals surface area (Å²) in [5, 5.41) is 6.41. The highest BCUT2D eigenvalue weighted by molar-refractivity contribution is 9.10. The first kappa shape index (κ1) is 25.1. The van der Waals surface area contributed by atoms with Gasteiger partial charge in [0.25, 0.3) is 5.56 Å². The van der Waals surface area contributed by atoms with E-state index in [4.69, 9.17) is 25.7 Å². The van der Waals surface area contributed by atoms with Crippen molar-refractivity contribution in [1.82, 2.24) is 9.66 Å². The fourth-order valence-corrected chi connectivity index (χ4v) is 5.22. The molecule has 0 aliphatic rings. The normalized spacial score (nSPS) is 11.6. The van der Waals surface area contributed by atoms with Crippen LogP contribution in [0.4, 0.5) is 0 Å². The van der Waals surface area contributed by atoms with E-state index in [1.54, 1.807) is 36.5 Å². The number of fused-ring (bicyclic) bond motifs is 2. The van der Waals surface area contributed by atoms with Crippen molar-refractivity contribution in [1.29, 1.82) is 0 Å². The van der Waals surface area contributed by atoms with Gasteiger partial charge in [-0.15, -0.1) is 0 Å². The van der Waals surface area contributed by atoms with Gasteiger partial charge in [-0.25, -0.2) is 4.98 Å². The van der Waals surface area contributed by atoms with Gasteiger partial charge in [-0.2, -0.15) is 9.78 Å². The van der Waals surface area contributed by atoms with Gasteiger partial charge in [0.15, 0.2) is 5.76 Å².